The third kappa shape index (κ3) is 5.11. The van der Waals surface area contributed by atoms with E-state index >= 15 is 0 Å². The maximum Gasteiger partial charge on any atom is 0.509 e. The van der Waals surface area contributed by atoms with Crippen molar-refractivity contribution in [3.8, 4) is 0 Å². The van der Waals surface area contributed by atoms with Gasteiger partial charge in [-0.05, 0) is 103 Å². The summed E-state index contributed by atoms with van der Waals surface area (Å²) in [5.74, 6) is -0.531. The molecule has 8 nitrogen and oxygen atoms in total. The first-order chi connectivity index (χ1) is 23.5. The van der Waals surface area contributed by atoms with E-state index in [1.807, 2.05) is 32.0 Å². The van der Waals surface area contributed by atoms with E-state index in [-0.39, 0.29) is 18.6 Å². The predicted molar refractivity (Wildman–Crippen MR) is 190 cm³/mol. The molecule has 4 aliphatic carbocycles. The van der Waals surface area contributed by atoms with Crippen molar-refractivity contribution in [3.63, 3.8) is 0 Å². The Bertz CT molecular complexity index is 1400. The topological polar surface area (TPSA) is 81.7 Å². The normalized spacial score (nSPS) is 45.0. The van der Waals surface area contributed by atoms with Crippen molar-refractivity contribution in [2.24, 2.45) is 17.8 Å². The Morgan fingerprint density at radius 2 is 1.22 bits per heavy atom. The van der Waals surface area contributed by atoms with Crippen LogP contribution < -0.4 is 0 Å². The molecular weight excluding hydrogens is 632 g/mol. The average Bonchev–Trinajstić information content (AvgIpc) is 3.45. The van der Waals surface area contributed by atoms with Gasteiger partial charge in [-0.15, -0.1) is 0 Å². The predicted octanol–water partition coefficient (Wildman–Crippen LogP) is 9.80. The number of hydrogen-bond acceptors (Lipinski definition) is 8. The lowest BCUT2D eigenvalue weighted by molar-refractivity contribution is -0.375. The average molecular weight is 697 g/mol. The molecule has 0 amide bonds. The van der Waals surface area contributed by atoms with E-state index in [4.69, 9.17) is 33.2 Å². The molecule has 6 fully saturated rings. The Kier molecular flexibility index (Phi) is 9.11. The fraction of sp³-hybridized carbons (Fsp3) is 0.833. The van der Waals surface area contributed by atoms with Crippen molar-refractivity contribution in [1.29, 1.82) is 0 Å². The zero-order valence-corrected chi connectivity index (χ0v) is 32.4. The van der Waals surface area contributed by atoms with Crippen molar-refractivity contribution in [2.45, 2.75) is 204 Å². The van der Waals surface area contributed by atoms with Crippen LogP contribution in [0.5, 0.6) is 0 Å². The fourth-order valence-electron chi connectivity index (χ4n) is 11.5. The van der Waals surface area contributed by atoms with Gasteiger partial charge in [0.2, 0.25) is 0 Å². The lowest BCUT2D eigenvalue weighted by atomic mass is 9.46. The molecule has 0 unspecified atom stereocenters. The zero-order chi connectivity index (χ0) is 35.8. The Labute approximate surface area is 300 Å². The summed E-state index contributed by atoms with van der Waals surface area (Å²) >= 11 is 0. The largest absolute Gasteiger partial charge is 0.509 e. The summed E-state index contributed by atoms with van der Waals surface area (Å²) in [6.07, 6.45) is 11.5. The van der Waals surface area contributed by atoms with Crippen molar-refractivity contribution in [3.05, 3.63) is 35.9 Å². The molecule has 2 saturated heterocycles. The quantitative estimate of drug-likeness (QED) is 0.272. The highest BCUT2D eigenvalue weighted by atomic mass is 16.8. The van der Waals surface area contributed by atoms with Crippen LogP contribution in [0.25, 0.3) is 0 Å². The summed E-state index contributed by atoms with van der Waals surface area (Å²) in [5, 5.41) is 0. The summed E-state index contributed by atoms with van der Waals surface area (Å²) in [7, 11) is 0. The van der Waals surface area contributed by atoms with Crippen LogP contribution in [0.15, 0.2) is 30.3 Å². The van der Waals surface area contributed by atoms with Gasteiger partial charge in [0, 0.05) is 25.7 Å². The van der Waals surface area contributed by atoms with Gasteiger partial charge in [0.1, 0.15) is 34.1 Å². The van der Waals surface area contributed by atoms with Crippen molar-refractivity contribution < 1.29 is 38.0 Å². The highest BCUT2D eigenvalue weighted by Crippen LogP contribution is 2.73. The monoisotopic (exact) mass is 696 g/mol. The lowest BCUT2D eigenvalue weighted by Crippen LogP contribution is -2.91. The van der Waals surface area contributed by atoms with Gasteiger partial charge >= 0.3 is 6.16 Å². The Morgan fingerprint density at radius 3 is 1.74 bits per heavy atom. The number of ether oxygens (including phenoxy) is 7. The molecule has 1 aromatic rings. The number of rotatable bonds is 6. The van der Waals surface area contributed by atoms with Gasteiger partial charge in [-0.1, -0.05) is 70.4 Å². The van der Waals surface area contributed by atoms with Gasteiger partial charge in [0.15, 0.2) is 17.2 Å². The number of benzene rings is 1. The van der Waals surface area contributed by atoms with E-state index in [2.05, 4.69) is 60.6 Å². The van der Waals surface area contributed by atoms with Gasteiger partial charge in [0.05, 0.1) is 6.61 Å². The molecule has 1 aromatic carbocycles. The second-order valence-corrected chi connectivity index (χ2v) is 18.2. The van der Waals surface area contributed by atoms with E-state index in [1.54, 1.807) is 0 Å². The molecule has 50 heavy (non-hydrogen) atoms. The highest BCUT2D eigenvalue weighted by Gasteiger charge is 2.92. The van der Waals surface area contributed by atoms with Crippen molar-refractivity contribution >= 4 is 6.16 Å². The summed E-state index contributed by atoms with van der Waals surface area (Å²) in [6.45, 7) is 19.4. The third-order valence-corrected chi connectivity index (χ3v) is 15.1. The molecule has 4 saturated carbocycles. The first kappa shape index (κ1) is 36.6. The first-order valence-corrected chi connectivity index (χ1v) is 19.9. The van der Waals surface area contributed by atoms with Gasteiger partial charge < -0.3 is 33.2 Å². The second kappa shape index (κ2) is 12.4. The second-order valence-electron chi connectivity index (χ2n) is 18.2. The first-order valence-electron chi connectivity index (χ1n) is 19.9. The minimum absolute atomic E-state index is 0.225. The molecule has 280 valence electrons. The van der Waals surface area contributed by atoms with Crippen molar-refractivity contribution in [2.75, 3.05) is 0 Å². The lowest BCUT2D eigenvalue weighted by Gasteiger charge is -2.69. The molecule has 0 bridgehead atoms. The van der Waals surface area contributed by atoms with Crippen LogP contribution in [0.2, 0.25) is 0 Å². The third-order valence-electron chi connectivity index (χ3n) is 15.1. The maximum atomic E-state index is 14.5. The van der Waals surface area contributed by atoms with E-state index in [0.29, 0.717) is 11.8 Å². The Morgan fingerprint density at radius 1 is 0.720 bits per heavy atom. The fourth-order valence-corrected chi connectivity index (χ4v) is 11.5. The molecule has 0 radical (unpaired) electrons. The summed E-state index contributed by atoms with van der Waals surface area (Å²) in [5.41, 5.74) is -6.25. The van der Waals surface area contributed by atoms with Gasteiger partial charge in [-0.3, -0.25) is 0 Å². The Balaban J connectivity index is 1.37. The van der Waals surface area contributed by atoms with Gasteiger partial charge in [-0.25, -0.2) is 4.79 Å². The number of carbonyl (C=O) groups excluding carboxylic acids is 1. The van der Waals surface area contributed by atoms with Crippen LogP contribution in [-0.4, -0.2) is 57.4 Å². The number of carbonyl (C=O) groups is 1. The minimum Gasteiger partial charge on any atom is -0.431 e. The summed E-state index contributed by atoms with van der Waals surface area (Å²) < 4.78 is 50.4. The highest BCUT2D eigenvalue weighted by molar-refractivity contribution is 5.62. The summed E-state index contributed by atoms with van der Waals surface area (Å²) in [4.78, 5) is 14.5. The molecular formula is C42H64O8. The molecule has 2 spiro atoms. The molecule has 9 atom stereocenters. The molecule has 6 aliphatic rings. The van der Waals surface area contributed by atoms with E-state index in [9.17, 15) is 4.79 Å². The van der Waals surface area contributed by atoms with E-state index in [0.717, 1.165) is 89.0 Å². The van der Waals surface area contributed by atoms with Crippen LogP contribution in [0.1, 0.15) is 151 Å². The zero-order valence-electron chi connectivity index (χ0n) is 32.4. The molecule has 2 aliphatic heterocycles. The Hall–Kier alpha value is -1.71. The maximum absolute atomic E-state index is 14.5. The van der Waals surface area contributed by atoms with Crippen LogP contribution in [-0.2, 0) is 39.8 Å². The molecule has 0 aromatic heterocycles. The van der Waals surface area contributed by atoms with Crippen LogP contribution in [0.4, 0.5) is 4.79 Å². The van der Waals surface area contributed by atoms with E-state index < -0.39 is 51.3 Å². The van der Waals surface area contributed by atoms with Gasteiger partial charge in [0.25, 0.3) is 0 Å². The van der Waals surface area contributed by atoms with E-state index in [1.165, 1.54) is 0 Å². The minimum atomic E-state index is -1.45. The number of hydrogen-bond donors (Lipinski definition) is 0. The molecule has 2 heterocycles. The molecule has 8 heteroatoms. The molecule has 0 N–H and O–H groups in total. The summed E-state index contributed by atoms with van der Waals surface area (Å²) in [6, 6.07) is 10.2. The number of fused-ring (bicyclic) bond motifs is 3. The van der Waals surface area contributed by atoms with Gasteiger partial charge in [-0.2, -0.15) is 0 Å². The smallest absolute Gasteiger partial charge is 0.431 e. The van der Waals surface area contributed by atoms with Crippen molar-refractivity contribution in [1.82, 2.24) is 0 Å². The molecule has 7 rings (SSSR count). The SMILES string of the molecule is CC(C)[C@@H]1CC[C@@H](C)C[C@H]1OC(=O)O[C@@]1(C)[C@](C)(OCc2ccccc2)[C@]2(C)OC3(CCCCC3)O[C@]2(C)[C@]2(C)OC3(CCCCC3)O[C@@]12C. The van der Waals surface area contributed by atoms with Crippen LogP contribution in [0, 0.1) is 17.8 Å². The van der Waals surface area contributed by atoms with Crippen LogP contribution in [0.3, 0.4) is 0 Å². The van der Waals surface area contributed by atoms with Crippen LogP contribution >= 0.6 is 0 Å². The standard InChI is InChI=1S/C42H64O8/c1-29(2)32-22-21-30(3)27-33(32)45-34(43)46-36(5)35(4,44-28-31-19-13-10-14-20-31)37(6)39(8,49-41(47-37)23-15-11-16-24-41)40(9)38(36,7)48-42(50-40)25-17-12-18-26-42/h10,13-14,19-20,29-30,32-33H,11-12,15-18,21-28H2,1-9H3/t30-,32+,33-,35+,36+,37+,38+,39+,40-/m1/s1.